The van der Waals surface area contributed by atoms with E-state index in [1.54, 1.807) is 0 Å². The number of nitrogens with one attached hydrogen (secondary N) is 2. The fourth-order valence-electron chi connectivity index (χ4n) is 1.46. The van der Waals surface area contributed by atoms with Gasteiger partial charge in [-0.25, -0.2) is 4.98 Å². The second kappa shape index (κ2) is 8.57. The van der Waals surface area contributed by atoms with E-state index in [1.165, 1.54) is 13.2 Å². The van der Waals surface area contributed by atoms with Gasteiger partial charge in [0.1, 0.15) is 0 Å². The third-order valence-electron chi connectivity index (χ3n) is 3.05. The molecule has 1 aromatic heterocycles. The number of thioether (sulfide) groups is 1. The maximum absolute atomic E-state index is 11.8. The van der Waals surface area contributed by atoms with Crippen LogP contribution in [0.5, 0.6) is 0 Å². The van der Waals surface area contributed by atoms with E-state index in [4.69, 9.17) is 0 Å². The quantitative estimate of drug-likeness (QED) is 0.435. The first kappa shape index (κ1) is 18.2. The number of rotatable bonds is 7. The third-order valence-corrected chi connectivity index (χ3v) is 3.93. The lowest BCUT2D eigenvalue weighted by molar-refractivity contribution is -0.139. The van der Waals surface area contributed by atoms with Crippen LogP contribution in [-0.2, 0) is 20.7 Å². The summed E-state index contributed by atoms with van der Waals surface area (Å²) in [7, 11) is 1.27. The number of hydrogen-bond acceptors (Lipinski definition) is 6. The Morgan fingerprint density at radius 1 is 1.41 bits per heavy atom. The average molecular weight is 327 g/mol. The van der Waals surface area contributed by atoms with E-state index in [-0.39, 0.29) is 29.7 Å². The molecule has 0 aliphatic heterocycles. The molecular formula is C14H21N3O4S. The molecule has 0 unspecified atom stereocenters. The van der Waals surface area contributed by atoms with E-state index in [2.05, 4.69) is 20.0 Å². The molecule has 1 amide bonds. The molecule has 0 aromatic carbocycles. The molecule has 0 fully saturated rings. The second-order valence-corrected chi connectivity index (χ2v) is 6.15. The van der Waals surface area contributed by atoms with Gasteiger partial charge in [-0.15, -0.1) is 0 Å². The lowest BCUT2D eigenvalue weighted by Gasteiger charge is -2.17. The Morgan fingerprint density at radius 3 is 2.68 bits per heavy atom. The number of esters is 1. The van der Waals surface area contributed by atoms with Crippen molar-refractivity contribution in [1.29, 1.82) is 0 Å². The van der Waals surface area contributed by atoms with Crippen LogP contribution < -0.4 is 10.9 Å². The minimum Gasteiger partial charge on any atom is -0.469 e. The molecule has 8 heteroatoms. The molecule has 1 heterocycles. The van der Waals surface area contributed by atoms with Gasteiger partial charge in [0.2, 0.25) is 5.91 Å². The standard InChI is InChI=1S/C14H21N3O4S/c1-8(2)9(3)15-12(19)7-22-14-16-10(5-11(18)17-14)6-13(20)21-4/h5,8-9H,6-7H2,1-4H3,(H,15,19)(H,16,17,18)/t9-/m1/s1. The summed E-state index contributed by atoms with van der Waals surface area (Å²) in [5.41, 5.74) is -0.0542. The molecule has 122 valence electrons. The summed E-state index contributed by atoms with van der Waals surface area (Å²) in [6.45, 7) is 5.98. The zero-order valence-electron chi connectivity index (χ0n) is 13.1. The number of aromatic amines is 1. The Hall–Kier alpha value is -1.83. The number of amides is 1. The number of aromatic nitrogens is 2. The molecule has 0 saturated carbocycles. The van der Waals surface area contributed by atoms with E-state index < -0.39 is 5.97 Å². The first-order valence-corrected chi connectivity index (χ1v) is 7.89. The summed E-state index contributed by atoms with van der Waals surface area (Å²) >= 11 is 1.11. The molecule has 0 radical (unpaired) electrons. The smallest absolute Gasteiger partial charge is 0.311 e. The molecule has 0 bridgehead atoms. The molecular weight excluding hydrogens is 306 g/mol. The molecule has 1 atom stereocenters. The Balaban J connectivity index is 2.64. The van der Waals surface area contributed by atoms with Gasteiger partial charge in [-0.2, -0.15) is 0 Å². The Kier molecular flexibility index (Phi) is 7.10. The van der Waals surface area contributed by atoms with E-state index in [0.29, 0.717) is 16.8 Å². The summed E-state index contributed by atoms with van der Waals surface area (Å²) < 4.78 is 4.54. The third kappa shape index (κ3) is 6.30. The van der Waals surface area contributed by atoms with E-state index in [0.717, 1.165) is 11.8 Å². The average Bonchev–Trinajstić information content (AvgIpc) is 2.44. The number of carbonyl (C=O) groups excluding carboxylic acids is 2. The van der Waals surface area contributed by atoms with Crippen molar-refractivity contribution in [1.82, 2.24) is 15.3 Å². The van der Waals surface area contributed by atoms with Crippen molar-refractivity contribution in [3.05, 3.63) is 22.1 Å². The van der Waals surface area contributed by atoms with Crippen LogP contribution in [0.3, 0.4) is 0 Å². The minimum atomic E-state index is -0.474. The van der Waals surface area contributed by atoms with E-state index in [1.807, 2.05) is 20.8 Å². The first-order valence-electron chi connectivity index (χ1n) is 6.91. The molecule has 2 N–H and O–H groups in total. The molecule has 0 aliphatic carbocycles. The van der Waals surface area contributed by atoms with Crippen LogP contribution in [0.1, 0.15) is 26.5 Å². The van der Waals surface area contributed by atoms with Crippen molar-refractivity contribution in [2.45, 2.75) is 38.4 Å². The van der Waals surface area contributed by atoms with Gasteiger partial charge >= 0.3 is 5.97 Å². The van der Waals surface area contributed by atoms with Gasteiger partial charge in [0, 0.05) is 12.1 Å². The van der Waals surface area contributed by atoms with Crippen molar-refractivity contribution in [2.24, 2.45) is 5.92 Å². The summed E-state index contributed by atoms with van der Waals surface area (Å²) in [5.74, 6) is -0.123. The number of carbonyl (C=O) groups is 2. The van der Waals surface area contributed by atoms with Crippen molar-refractivity contribution in [3.8, 4) is 0 Å². The fourth-order valence-corrected chi connectivity index (χ4v) is 2.16. The highest BCUT2D eigenvalue weighted by Gasteiger charge is 2.12. The molecule has 1 aromatic rings. The molecule has 0 saturated heterocycles. The van der Waals surface area contributed by atoms with Gasteiger partial charge in [0.25, 0.3) is 5.56 Å². The Morgan fingerprint density at radius 2 is 2.09 bits per heavy atom. The highest BCUT2D eigenvalue weighted by molar-refractivity contribution is 7.99. The number of methoxy groups -OCH3 is 1. The predicted molar refractivity (Wildman–Crippen MR) is 83.7 cm³/mol. The van der Waals surface area contributed by atoms with Crippen LogP contribution in [0.2, 0.25) is 0 Å². The van der Waals surface area contributed by atoms with Crippen LogP contribution in [0.25, 0.3) is 0 Å². The summed E-state index contributed by atoms with van der Waals surface area (Å²) in [6, 6.07) is 1.31. The van der Waals surface area contributed by atoms with Gasteiger partial charge in [0.15, 0.2) is 5.16 Å². The molecule has 7 nitrogen and oxygen atoms in total. The van der Waals surface area contributed by atoms with Gasteiger partial charge in [-0.1, -0.05) is 25.6 Å². The maximum Gasteiger partial charge on any atom is 0.311 e. The van der Waals surface area contributed by atoms with Gasteiger partial charge in [-0.3, -0.25) is 14.4 Å². The van der Waals surface area contributed by atoms with E-state index >= 15 is 0 Å². The van der Waals surface area contributed by atoms with Gasteiger partial charge in [0.05, 0.1) is 25.0 Å². The minimum absolute atomic E-state index is 0.0748. The highest BCUT2D eigenvalue weighted by atomic mass is 32.2. The number of H-pyrrole nitrogens is 1. The van der Waals surface area contributed by atoms with Crippen molar-refractivity contribution in [2.75, 3.05) is 12.9 Å². The van der Waals surface area contributed by atoms with Crippen molar-refractivity contribution in [3.63, 3.8) is 0 Å². The van der Waals surface area contributed by atoms with Crippen LogP contribution in [0.15, 0.2) is 16.0 Å². The summed E-state index contributed by atoms with van der Waals surface area (Å²) in [6.07, 6.45) is -0.0788. The zero-order valence-corrected chi connectivity index (χ0v) is 14.0. The zero-order chi connectivity index (χ0) is 16.7. The normalized spacial score (nSPS) is 12.0. The first-order chi connectivity index (χ1) is 10.3. The van der Waals surface area contributed by atoms with E-state index in [9.17, 15) is 14.4 Å². The Bertz CT molecular complexity index is 586. The van der Waals surface area contributed by atoms with Crippen molar-refractivity contribution < 1.29 is 14.3 Å². The van der Waals surface area contributed by atoms with Crippen LogP contribution in [0, 0.1) is 5.92 Å². The molecule has 0 spiro atoms. The lowest BCUT2D eigenvalue weighted by atomic mass is 10.1. The monoisotopic (exact) mass is 327 g/mol. The van der Waals surface area contributed by atoms with Gasteiger partial charge < -0.3 is 15.0 Å². The lowest BCUT2D eigenvalue weighted by Crippen LogP contribution is -2.37. The van der Waals surface area contributed by atoms with Crippen LogP contribution >= 0.6 is 11.8 Å². The number of ether oxygens (including phenoxy) is 1. The maximum atomic E-state index is 11.8. The highest BCUT2D eigenvalue weighted by Crippen LogP contribution is 2.11. The molecule has 1 rings (SSSR count). The molecule has 0 aliphatic rings. The second-order valence-electron chi connectivity index (χ2n) is 5.18. The SMILES string of the molecule is COC(=O)Cc1cc(=O)[nH]c(SCC(=O)N[C@H](C)C(C)C)n1. The van der Waals surface area contributed by atoms with Crippen LogP contribution in [0.4, 0.5) is 0 Å². The largest absolute Gasteiger partial charge is 0.469 e. The van der Waals surface area contributed by atoms with Crippen molar-refractivity contribution >= 4 is 23.6 Å². The topological polar surface area (TPSA) is 101 Å². The van der Waals surface area contributed by atoms with Crippen LogP contribution in [-0.4, -0.2) is 40.7 Å². The number of hydrogen-bond donors (Lipinski definition) is 2. The fraction of sp³-hybridized carbons (Fsp3) is 0.571. The summed E-state index contributed by atoms with van der Waals surface area (Å²) in [4.78, 5) is 41.2. The number of nitrogens with zero attached hydrogens (tertiary/aromatic N) is 1. The predicted octanol–water partition coefficient (Wildman–Crippen LogP) is 0.738. The Labute approximate surface area is 133 Å². The molecule has 22 heavy (non-hydrogen) atoms. The van der Waals surface area contributed by atoms with Gasteiger partial charge in [-0.05, 0) is 12.8 Å². The summed E-state index contributed by atoms with van der Waals surface area (Å²) in [5, 5.41) is 3.17.